The molecule has 3 N–H and O–H groups in total. The number of likely N-dealkylation sites (tertiary alicyclic amines) is 1. The molecule has 3 rings (SSSR count). The molecule has 0 unspecified atom stereocenters. The van der Waals surface area contributed by atoms with Gasteiger partial charge in [0.2, 0.25) is 11.8 Å². The Hall–Kier alpha value is -3.35. The predicted octanol–water partition coefficient (Wildman–Crippen LogP) is 5.27. The van der Waals surface area contributed by atoms with E-state index in [2.05, 4.69) is 22.9 Å². The van der Waals surface area contributed by atoms with Gasteiger partial charge in [-0.05, 0) is 55.7 Å². The highest BCUT2D eigenvalue weighted by atomic mass is 16.2. The summed E-state index contributed by atoms with van der Waals surface area (Å²) in [5.74, 6) is -0.198. The van der Waals surface area contributed by atoms with Crippen LogP contribution in [0.3, 0.4) is 0 Å². The molecule has 182 valence electrons. The van der Waals surface area contributed by atoms with Gasteiger partial charge in [-0.2, -0.15) is 0 Å². The molecule has 7 heteroatoms. The second-order valence-electron chi connectivity index (χ2n) is 8.78. The highest BCUT2D eigenvalue weighted by Gasteiger charge is 2.17. The van der Waals surface area contributed by atoms with Crippen molar-refractivity contribution in [2.24, 2.45) is 0 Å². The van der Waals surface area contributed by atoms with E-state index in [1.54, 1.807) is 24.3 Å². The van der Waals surface area contributed by atoms with Crippen molar-refractivity contribution in [2.45, 2.75) is 58.3 Å². The Labute approximate surface area is 202 Å². The number of hydrogen-bond acceptors (Lipinski definition) is 4. The first-order chi connectivity index (χ1) is 16.5. The summed E-state index contributed by atoms with van der Waals surface area (Å²) in [6.07, 6.45) is 7.92. The molecule has 1 saturated heterocycles. The average molecular weight is 465 g/mol. The van der Waals surface area contributed by atoms with Crippen LogP contribution in [0.4, 0.5) is 17.1 Å². The summed E-state index contributed by atoms with van der Waals surface area (Å²) >= 11 is 0. The molecule has 0 spiro atoms. The van der Waals surface area contributed by atoms with E-state index in [-0.39, 0.29) is 24.3 Å². The molecule has 1 aliphatic heterocycles. The maximum Gasteiger partial charge on any atom is 0.253 e. The van der Waals surface area contributed by atoms with Crippen molar-refractivity contribution in [1.29, 1.82) is 0 Å². The minimum Gasteiger partial charge on any atom is -0.376 e. The van der Waals surface area contributed by atoms with Gasteiger partial charge in [-0.25, -0.2) is 0 Å². The van der Waals surface area contributed by atoms with Crippen LogP contribution in [-0.2, 0) is 9.59 Å². The van der Waals surface area contributed by atoms with Crippen LogP contribution in [0.25, 0.3) is 0 Å². The van der Waals surface area contributed by atoms with E-state index in [9.17, 15) is 14.4 Å². The molecule has 0 radical (unpaired) electrons. The zero-order valence-corrected chi connectivity index (χ0v) is 20.1. The summed E-state index contributed by atoms with van der Waals surface area (Å²) in [7, 11) is 0. The van der Waals surface area contributed by atoms with Crippen LogP contribution in [0.1, 0.15) is 68.6 Å². The summed E-state index contributed by atoms with van der Waals surface area (Å²) in [5, 5.41) is 8.85. The second kappa shape index (κ2) is 13.4. The molecule has 0 saturated carbocycles. The zero-order valence-electron chi connectivity index (χ0n) is 20.1. The van der Waals surface area contributed by atoms with E-state index in [4.69, 9.17) is 0 Å². The summed E-state index contributed by atoms with van der Waals surface area (Å²) in [4.78, 5) is 39.3. The highest BCUT2D eigenvalue weighted by Crippen LogP contribution is 2.18. The third kappa shape index (κ3) is 8.21. The minimum absolute atomic E-state index is 0.00190. The lowest BCUT2D eigenvalue weighted by atomic mass is 10.1. The quantitative estimate of drug-likeness (QED) is 0.418. The fraction of sp³-hybridized carbons (Fsp3) is 0.444. The summed E-state index contributed by atoms with van der Waals surface area (Å²) in [5.41, 5.74) is 2.63. The molecular formula is C27H36N4O3. The Morgan fingerprint density at radius 1 is 0.794 bits per heavy atom. The van der Waals surface area contributed by atoms with E-state index in [1.807, 2.05) is 29.2 Å². The van der Waals surface area contributed by atoms with Gasteiger partial charge in [-0.1, -0.05) is 44.7 Å². The van der Waals surface area contributed by atoms with Crippen molar-refractivity contribution in [3.05, 3.63) is 54.1 Å². The molecule has 0 atom stereocenters. The smallest absolute Gasteiger partial charge is 0.253 e. The Morgan fingerprint density at radius 3 is 2.18 bits per heavy atom. The van der Waals surface area contributed by atoms with Gasteiger partial charge in [-0.3, -0.25) is 14.4 Å². The first-order valence-corrected chi connectivity index (χ1v) is 12.4. The lowest BCUT2D eigenvalue weighted by molar-refractivity contribution is -0.116. The number of carbonyl (C=O) groups is 3. The lowest BCUT2D eigenvalue weighted by Gasteiger charge is -2.20. The number of benzene rings is 2. The molecule has 0 aliphatic carbocycles. The molecular weight excluding hydrogens is 428 g/mol. The third-order valence-corrected chi connectivity index (χ3v) is 5.89. The predicted molar refractivity (Wildman–Crippen MR) is 137 cm³/mol. The highest BCUT2D eigenvalue weighted by molar-refractivity contribution is 5.98. The van der Waals surface area contributed by atoms with Gasteiger partial charge in [0.05, 0.1) is 6.54 Å². The fourth-order valence-corrected chi connectivity index (χ4v) is 4.04. The molecule has 1 heterocycles. The van der Waals surface area contributed by atoms with Crippen molar-refractivity contribution < 1.29 is 14.4 Å². The summed E-state index contributed by atoms with van der Waals surface area (Å²) in [6, 6.07) is 14.4. The number of hydrogen-bond donors (Lipinski definition) is 3. The van der Waals surface area contributed by atoms with Gasteiger partial charge < -0.3 is 20.9 Å². The largest absolute Gasteiger partial charge is 0.376 e. The Kier molecular flexibility index (Phi) is 9.95. The molecule has 34 heavy (non-hydrogen) atoms. The van der Waals surface area contributed by atoms with Crippen molar-refractivity contribution in [1.82, 2.24) is 4.90 Å². The fourth-order valence-electron chi connectivity index (χ4n) is 4.04. The molecule has 1 fully saturated rings. The van der Waals surface area contributed by atoms with Crippen LogP contribution in [-0.4, -0.2) is 42.3 Å². The zero-order chi connectivity index (χ0) is 24.2. The average Bonchev–Trinajstić information content (AvgIpc) is 3.13. The van der Waals surface area contributed by atoms with Gasteiger partial charge in [0, 0.05) is 42.1 Å². The first-order valence-electron chi connectivity index (χ1n) is 12.4. The first kappa shape index (κ1) is 25.3. The van der Waals surface area contributed by atoms with E-state index in [0.29, 0.717) is 23.4 Å². The number of nitrogens with one attached hydrogen (secondary N) is 3. The van der Waals surface area contributed by atoms with Crippen LogP contribution in [0.15, 0.2) is 48.5 Å². The standard InChI is InChI=1S/C27H36N4O3/c1-2-3-6-15-25(32)29-24-14-10-12-22(19-24)28-20-26(33)30-23-13-9-11-21(18-23)27(34)31-16-7-4-5-8-17-31/h9-14,18-19,28H,2-8,15-17,20H2,1H3,(H,29,32)(H,30,33). The van der Waals surface area contributed by atoms with Crippen molar-refractivity contribution in [3.63, 3.8) is 0 Å². The van der Waals surface area contributed by atoms with E-state index >= 15 is 0 Å². The maximum absolute atomic E-state index is 12.9. The molecule has 7 nitrogen and oxygen atoms in total. The Morgan fingerprint density at radius 2 is 1.44 bits per heavy atom. The molecule has 0 aromatic heterocycles. The molecule has 3 amide bonds. The number of nitrogens with zero attached hydrogens (tertiary/aromatic N) is 1. The molecule has 2 aromatic rings. The summed E-state index contributed by atoms with van der Waals surface area (Å²) < 4.78 is 0. The molecule has 2 aromatic carbocycles. The topological polar surface area (TPSA) is 90.5 Å². The number of amides is 3. The SMILES string of the molecule is CCCCCC(=O)Nc1cccc(NCC(=O)Nc2cccc(C(=O)N3CCCCCC3)c2)c1. The van der Waals surface area contributed by atoms with Crippen molar-refractivity contribution in [3.8, 4) is 0 Å². The number of unbranched alkanes of at least 4 members (excludes halogenated alkanes) is 2. The van der Waals surface area contributed by atoms with Crippen molar-refractivity contribution >= 4 is 34.8 Å². The van der Waals surface area contributed by atoms with Crippen LogP contribution in [0, 0.1) is 0 Å². The normalized spacial score (nSPS) is 13.6. The van der Waals surface area contributed by atoms with Gasteiger partial charge in [0.1, 0.15) is 0 Å². The van der Waals surface area contributed by atoms with Gasteiger partial charge in [0.15, 0.2) is 0 Å². The van der Waals surface area contributed by atoms with E-state index in [1.165, 1.54) is 12.8 Å². The number of carbonyl (C=O) groups excluding carboxylic acids is 3. The Bertz CT molecular complexity index is 968. The Balaban J connectivity index is 1.50. The maximum atomic E-state index is 12.9. The van der Waals surface area contributed by atoms with Crippen molar-refractivity contribution in [2.75, 3.05) is 35.6 Å². The van der Waals surface area contributed by atoms with E-state index in [0.717, 1.165) is 50.9 Å². The van der Waals surface area contributed by atoms with Gasteiger partial charge in [-0.15, -0.1) is 0 Å². The van der Waals surface area contributed by atoms with E-state index < -0.39 is 0 Å². The summed E-state index contributed by atoms with van der Waals surface area (Å²) in [6.45, 7) is 3.75. The number of rotatable bonds is 10. The van der Waals surface area contributed by atoms with Crippen LogP contribution >= 0.6 is 0 Å². The van der Waals surface area contributed by atoms with Crippen LogP contribution < -0.4 is 16.0 Å². The van der Waals surface area contributed by atoms with Gasteiger partial charge in [0.25, 0.3) is 5.91 Å². The minimum atomic E-state index is -0.214. The number of anilines is 3. The lowest BCUT2D eigenvalue weighted by Crippen LogP contribution is -2.31. The molecule has 0 bridgehead atoms. The monoisotopic (exact) mass is 464 g/mol. The van der Waals surface area contributed by atoms with Crippen LogP contribution in [0.5, 0.6) is 0 Å². The third-order valence-electron chi connectivity index (χ3n) is 5.89. The molecule has 1 aliphatic rings. The second-order valence-corrected chi connectivity index (χ2v) is 8.78. The van der Waals surface area contributed by atoms with Crippen LogP contribution in [0.2, 0.25) is 0 Å². The van der Waals surface area contributed by atoms with Gasteiger partial charge >= 0.3 is 0 Å².